The summed E-state index contributed by atoms with van der Waals surface area (Å²) in [6.07, 6.45) is 1.94. The lowest BCUT2D eigenvalue weighted by Crippen LogP contribution is -1.99. The Kier molecular flexibility index (Phi) is 4.49. The van der Waals surface area contributed by atoms with Gasteiger partial charge >= 0.3 is 0 Å². The number of hydrogen-bond acceptors (Lipinski definition) is 1. The quantitative estimate of drug-likeness (QED) is 0.512. The number of benzene rings is 2. The van der Waals surface area contributed by atoms with E-state index in [-0.39, 0.29) is 0 Å². The molecule has 2 aromatic carbocycles. The van der Waals surface area contributed by atoms with Crippen molar-refractivity contribution >= 4 is 27.8 Å². The maximum absolute atomic E-state index is 4.64. The number of para-hydroxylation sites is 1. The van der Waals surface area contributed by atoms with Crippen LogP contribution in [0.2, 0.25) is 0 Å². The lowest BCUT2D eigenvalue weighted by atomic mass is 10.2. The van der Waals surface area contributed by atoms with Gasteiger partial charge in [-0.3, -0.25) is 4.99 Å². The van der Waals surface area contributed by atoms with Crippen molar-refractivity contribution in [2.45, 2.75) is 20.8 Å². The van der Waals surface area contributed by atoms with Crippen LogP contribution >= 0.6 is 15.9 Å². The van der Waals surface area contributed by atoms with E-state index in [1.54, 1.807) is 0 Å². The maximum atomic E-state index is 4.64. The Bertz CT molecular complexity index is 861. The third kappa shape index (κ3) is 3.30. The molecule has 0 atom stereocenters. The van der Waals surface area contributed by atoms with Crippen molar-refractivity contribution in [2.24, 2.45) is 4.99 Å². The highest BCUT2D eigenvalue weighted by Crippen LogP contribution is 2.27. The Morgan fingerprint density at radius 2 is 1.70 bits per heavy atom. The summed E-state index contributed by atoms with van der Waals surface area (Å²) in [7, 11) is 0. The molecule has 2 nitrogen and oxygen atoms in total. The van der Waals surface area contributed by atoms with Crippen molar-refractivity contribution in [3.63, 3.8) is 0 Å². The van der Waals surface area contributed by atoms with Crippen molar-refractivity contribution in [1.82, 2.24) is 4.57 Å². The van der Waals surface area contributed by atoms with Crippen LogP contribution in [-0.4, -0.2) is 10.8 Å². The zero-order chi connectivity index (χ0) is 16.4. The van der Waals surface area contributed by atoms with Crippen molar-refractivity contribution < 1.29 is 0 Å². The maximum Gasteiger partial charge on any atom is 0.0772 e. The zero-order valence-corrected chi connectivity index (χ0v) is 15.1. The van der Waals surface area contributed by atoms with Gasteiger partial charge in [0, 0.05) is 33.3 Å². The van der Waals surface area contributed by atoms with Crippen molar-refractivity contribution in [2.75, 3.05) is 0 Å². The minimum absolute atomic E-state index is 0.945. The van der Waals surface area contributed by atoms with Crippen LogP contribution in [0.25, 0.3) is 5.69 Å². The first-order valence-corrected chi connectivity index (χ1v) is 8.40. The van der Waals surface area contributed by atoms with Gasteiger partial charge in [0.1, 0.15) is 0 Å². The topological polar surface area (TPSA) is 17.3 Å². The predicted molar refractivity (Wildman–Crippen MR) is 101 cm³/mol. The van der Waals surface area contributed by atoms with Crippen LogP contribution in [0.5, 0.6) is 0 Å². The molecule has 0 saturated carbocycles. The summed E-state index contributed by atoms with van der Waals surface area (Å²) in [5, 5.41) is 0. The zero-order valence-electron chi connectivity index (χ0n) is 13.5. The summed E-state index contributed by atoms with van der Waals surface area (Å²) in [6.45, 7) is 6.33. The van der Waals surface area contributed by atoms with Crippen LogP contribution in [0, 0.1) is 20.8 Å². The van der Waals surface area contributed by atoms with Gasteiger partial charge in [-0.25, -0.2) is 0 Å². The first kappa shape index (κ1) is 15.8. The van der Waals surface area contributed by atoms with Crippen LogP contribution in [0.1, 0.15) is 22.5 Å². The van der Waals surface area contributed by atoms with Gasteiger partial charge in [0.2, 0.25) is 0 Å². The van der Waals surface area contributed by atoms with E-state index in [1.165, 1.54) is 22.6 Å². The van der Waals surface area contributed by atoms with E-state index in [2.05, 4.69) is 88.7 Å². The van der Waals surface area contributed by atoms with Gasteiger partial charge in [0.05, 0.1) is 5.69 Å². The lowest BCUT2D eigenvalue weighted by Gasteiger charge is -2.09. The van der Waals surface area contributed by atoms with E-state index >= 15 is 0 Å². The smallest absolute Gasteiger partial charge is 0.0772 e. The molecular weight excluding hydrogens is 348 g/mol. The average molecular weight is 367 g/mol. The van der Waals surface area contributed by atoms with Gasteiger partial charge in [-0.1, -0.05) is 24.3 Å². The summed E-state index contributed by atoms with van der Waals surface area (Å²) in [4.78, 5) is 4.64. The molecule has 3 rings (SSSR count). The molecule has 1 aromatic heterocycles. The number of hydrogen-bond donors (Lipinski definition) is 0. The largest absolute Gasteiger partial charge is 0.318 e. The molecule has 0 radical (unpaired) electrons. The van der Waals surface area contributed by atoms with Gasteiger partial charge < -0.3 is 4.57 Å². The Morgan fingerprint density at radius 3 is 2.39 bits per heavy atom. The monoisotopic (exact) mass is 366 g/mol. The molecule has 0 amide bonds. The lowest BCUT2D eigenvalue weighted by molar-refractivity contribution is 0.965. The Hall–Kier alpha value is -2.13. The minimum Gasteiger partial charge on any atom is -0.318 e. The third-order valence-corrected chi connectivity index (χ3v) is 4.57. The molecule has 1 heterocycles. The van der Waals surface area contributed by atoms with E-state index in [4.69, 9.17) is 0 Å². The molecule has 0 aliphatic carbocycles. The van der Waals surface area contributed by atoms with Crippen molar-refractivity contribution in [3.8, 4) is 5.69 Å². The number of aryl methyl sites for hydroxylation is 2. The summed E-state index contributed by atoms with van der Waals surface area (Å²) in [5.74, 6) is 0. The molecule has 0 aliphatic rings. The third-order valence-electron chi connectivity index (χ3n) is 3.93. The Labute approximate surface area is 145 Å². The van der Waals surface area contributed by atoms with Crippen LogP contribution in [0.4, 0.5) is 5.69 Å². The van der Waals surface area contributed by atoms with Crippen LogP contribution in [0.15, 0.2) is 64.1 Å². The van der Waals surface area contributed by atoms with Gasteiger partial charge in [-0.15, -0.1) is 0 Å². The predicted octanol–water partition coefficient (Wildman–Crippen LogP) is 5.92. The molecule has 0 bridgehead atoms. The molecule has 3 heteroatoms. The SMILES string of the molecule is Cc1ccc(N=Cc2cc(C)n(-c3ccccc3)c2C)c(Br)c1. The van der Waals surface area contributed by atoms with Crippen LogP contribution < -0.4 is 0 Å². The second-order valence-corrected chi connectivity index (χ2v) is 6.56. The van der Waals surface area contributed by atoms with E-state index < -0.39 is 0 Å². The number of aromatic nitrogens is 1. The molecule has 0 unspecified atom stereocenters. The normalized spacial score (nSPS) is 11.3. The van der Waals surface area contributed by atoms with Crippen molar-refractivity contribution in [3.05, 3.63) is 81.6 Å². The second-order valence-electron chi connectivity index (χ2n) is 5.71. The summed E-state index contributed by atoms with van der Waals surface area (Å²) in [5.41, 5.74) is 6.88. The fraction of sp³-hybridized carbons (Fsp3) is 0.150. The highest BCUT2D eigenvalue weighted by Gasteiger charge is 2.09. The Morgan fingerprint density at radius 1 is 0.957 bits per heavy atom. The molecule has 0 fully saturated rings. The summed E-state index contributed by atoms with van der Waals surface area (Å²) < 4.78 is 3.27. The summed E-state index contributed by atoms with van der Waals surface area (Å²) in [6, 6.07) is 18.8. The van der Waals surface area contributed by atoms with Gasteiger partial charge in [0.25, 0.3) is 0 Å². The standard InChI is InChI=1S/C20H19BrN2/c1-14-9-10-20(19(21)11-14)22-13-17-12-15(2)23(16(17)3)18-7-5-4-6-8-18/h4-13H,1-3H3. The minimum atomic E-state index is 0.945. The van der Waals surface area contributed by atoms with Gasteiger partial charge in [0.15, 0.2) is 0 Å². The molecule has 0 N–H and O–H groups in total. The first-order valence-electron chi connectivity index (χ1n) is 7.61. The number of rotatable bonds is 3. The fourth-order valence-electron chi connectivity index (χ4n) is 2.75. The molecule has 0 saturated heterocycles. The molecule has 23 heavy (non-hydrogen) atoms. The highest BCUT2D eigenvalue weighted by molar-refractivity contribution is 9.10. The second kappa shape index (κ2) is 6.55. The fourth-order valence-corrected chi connectivity index (χ4v) is 3.34. The van der Waals surface area contributed by atoms with Crippen molar-refractivity contribution in [1.29, 1.82) is 0 Å². The molecule has 0 aliphatic heterocycles. The van der Waals surface area contributed by atoms with Crippen LogP contribution in [-0.2, 0) is 0 Å². The first-order chi connectivity index (χ1) is 11.1. The average Bonchev–Trinajstić information content (AvgIpc) is 2.81. The highest BCUT2D eigenvalue weighted by atomic mass is 79.9. The van der Waals surface area contributed by atoms with E-state index in [0.717, 1.165) is 15.7 Å². The summed E-state index contributed by atoms with van der Waals surface area (Å²) >= 11 is 3.58. The van der Waals surface area contributed by atoms with E-state index in [1.807, 2.05) is 18.3 Å². The van der Waals surface area contributed by atoms with E-state index in [9.17, 15) is 0 Å². The number of aliphatic imine (C=N–C) groups is 1. The van der Waals surface area contributed by atoms with E-state index in [0.29, 0.717) is 0 Å². The molecular formula is C20H19BrN2. The number of nitrogens with zero attached hydrogens (tertiary/aromatic N) is 2. The number of halogens is 1. The van der Waals surface area contributed by atoms with Gasteiger partial charge in [-0.05, 0) is 72.6 Å². The Balaban J connectivity index is 1.97. The molecule has 3 aromatic rings. The molecule has 116 valence electrons. The molecule has 0 spiro atoms. The van der Waals surface area contributed by atoms with Crippen LogP contribution in [0.3, 0.4) is 0 Å². The van der Waals surface area contributed by atoms with Gasteiger partial charge in [-0.2, -0.15) is 0 Å².